The summed E-state index contributed by atoms with van der Waals surface area (Å²) < 4.78 is 4.91. The van der Waals surface area contributed by atoms with Crippen molar-refractivity contribution in [3.8, 4) is 6.07 Å². The van der Waals surface area contributed by atoms with Gasteiger partial charge in [-0.15, -0.1) is 0 Å². The second kappa shape index (κ2) is 7.78. The molecule has 2 fully saturated rings. The van der Waals surface area contributed by atoms with Crippen molar-refractivity contribution in [2.45, 2.75) is 44.7 Å². The Hall–Kier alpha value is -3.41. The molecule has 1 aromatic rings. The third kappa shape index (κ3) is 4.13. The molecule has 1 heterocycles. The van der Waals surface area contributed by atoms with E-state index >= 15 is 0 Å². The minimum atomic E-state index is -1.29. The van der Waals surface area contributed by atoms with E-state index in [0.717, 1.165) is 23.3 Å². The zero-order chi connectivity index (χ0) is 22.1. The van der Waals surface area contributed by atoms with Gasteiger partial charge in [0.25, 0.3) is 11.8 Å². The number of aryl methyl sites for hydroxylation is 1. The van der Waals surface area contributed by atoms with Gasteiger partial charge in [0.2, 0.25) is 0 Å². The van der Waals surface area contributed by atoms with Crippen LogP contribution in [0, 0.1) is 24.2 Å². The number of carbonyl (C=O) groups excluding carboxylic acids is 4. The summed E-state index contributed by atoms with van der Waals surface area (Å²) in [6.07, 6.45) is 1.71. The highest BCUT2D eigenvalue weighted by Crippen LogP contribution is 2.39. The first-order valence-electron chi connectivity index (χ1n) is 9.68. The number of urea groups is 1. The number of nitrogens with one attached hydrogen (secondary N) is 2. The fraction of sp³-hybridized carbons (Fsp3) is 0.476. The Balaban J connectivity index is 1.57. The first-order chi connectivity index (χ1) is 14.1. The number of esters is 1. The molecule has 3 rings (SSSR count). The van der Waals surface area contributed by atoms with Crippen LogP contribution >= 0.6 is 0 Å². The number of benzene rings is 1. The van der Waals surface area contributed by atoms with E-state index in [9.17, 15) is 24.4 Å². The van der Waals surface area contributed by atoms with Gasteiger partial charge in [0.1, 0.15) is 17.6 Å². The van der Waals surface area contributed by atoms with Crippen molar-refractivity contribution in [2.24, 2.45) is 5.92 Å². The Bertz CT molecular complexity index is 934. The normalized spacial score (nSPS) is 22.7. The van der Waals surface area contributed by atoms with Crippen molar-refractivity contribution in [3.63, 3.8) is 0 Å². The molecule has 30 heavy (non-hydrogen) atoms. The molecule has 9 nitrogen and oxygen atoms in total. The number of imide groups is 1. The molecule has 0 aromatic heterocycles. The van der Waals surface area contributed by atoms with Crippen molar-refractivity contribution in [1.29, 1.82) is 5.26 Å². The molecule has 2 N–H and O–H groups in total. The lowest BCUT2D eigenvalue weighted by Gasteiger charge is -2.23. The van der Waals surface area contributed by atoms with E-state index < -0.39 is 48.0 Å². The molecule has 9 heteroatoms. The molecule has 2 atom stereocenters. The first-order valence-corrected chi connectivity index (χ1v) is 9.68. The smallest absolute Gasteiger partial charge is 0.326 e. The van der Waals surface area contributed by atoms with E-state index in [1.54, 1.807) is 26.0 Å². The van der Waals surface area contributed by atoms with E-state index in [-0.39, 0.29) is 5.92 Å². The molecule has 1 saturated carbocycles. The molecular weight excluding hydrogens is 388 g/mol. The highest BCUT2D eigenvalue weighted by atomic mass is 16.5. The first kappa shape index (κ1) is 21.3. The molecule has 1 aliphatic carbocycles. The van der Waals surface area contributed by atoms with Crippen LogP contribution < -0.4 is 10.6 Å². The fourth-order valence-electron chi connectivity index (χ4n) is 3.45. The van der Waals surface area contributed by atoms with E-state index in [2.05, 4.69) is 16.7 Å². The van der Waals surface area contributed by atoms with Gasteiger partial charge in [-0.2, -0.15) is 5.26 Å². The van der Waals surface area contributed by atoms with Crippen LogP contribution in [0.5, 0.6) is 0 Å². The number of hydrogen-bond donors (Lipinski definition) is 2. The monoisotopic (exact) mass is 412 g/mol. The van der Waals surface area contributed by atoms with Crippen molar-refractivity contribution < 1.29 is 23.9 Å². The molecule has 1 aliphatic heterocycles. The Morgan fingerprint density at radius 2 is 1.97 bits per heavy atom. The van der Waals surface area contributed by atoms with Gasteiger partial charge in [0.05, 0.1) is 6.07 Å². The summed E-state index contributed by atoms with van der Waals surface area (Å²) in [5.41, 5.74) is -0.685. The lowest BCUT2D eigenvalue weighted by molar-refractivity contribution is -0.151. The van der Waals surface area contributed by atoms with E-state index in [1.807, 2.05) is 19.1 Å². The molecule has 0 spiro atoms. The zero-order valence-electron chi connectivity index (χ0n) is 17.2. The van der Waals surface area contributed by atoms with Crippen molar-refractivity contribution in [1.82, 2.24) is 15.5 Å². The number of hydrogen-bond acceptors (Lipinski definition) is 6. The number of rotatable bonds is 7. The summed E-state index contributed by atoms with van der Waals surface area (Å²) in [6.45, 7) is 3.89. The Kier molecular flexibility index (Phi) is 5.53. The van der Waals surface area contributed by atoms with E-state index in [1.165, 1.54) is 0 Å². The highest BCUT2D eigenvalue weighted by molar-refractivity contribution is 6.08. The van der Waals surface area contributed by atoms with Gasteiger partial charge in [0, 0.05) is 0 Å². The maximum atomic E-state index is 12.8. The van der Waals surface area contributed by atoms with Crippen molar-refractivity contribution in [3.05, 3.63) is 35.4 Å². The number of carbonyl (C=O) groups is 4. The van der Waals surface area contributed by atoms with Gasteiger partial charge in [-0.05, 0) is 45.1 Å². The summed E-state index contributed by atoms with van der Waals surface area (Å²) in [4.78, 5) is 50.0. The second-order valence-corrected chi connectivity index (χ2v) is 8.11. The van der Waals surface area contributed by atoms with E-state index in [0.29, 0.717) is 5.56 Å². The molecule has 0 unspecified atom stereocenters. The third-order valence-corrected chi connectivity index (χ3v) is 5.58. The van der Waals surface area contributed by atoms with Crippen LogP contribution in [-0.2, 0) is 24.7 Å². The highest BCUT2D eigenvalue weighted by Gasteiger charge is 2.49. The maximum Gasteiger partial charge on any atom is 0.326 e. The topological polar surface area (TPSA) is 129 Å². The Labute approximate surface area is 174 Å². The molecule has 1 saturated heterocycles. The van der Waals surface area contributed by atoms with Gasteiger partial charge >= 0.3 is 12.0 Å². The van der Waals surface area contributed by atoms with Crippen LogP contribution in [0.15, 0.2) is 24.3 Å². The SMILES string of the molecule is Cc1ccc([C@]2(C)NC(=O)N(CC(=O)OCC(=O)N[C@](C)(C#N)C3CC3)C2=O)cc1. The minimum absolute atomic E-state index is 0.0903. The maximum absolute atomic E-state index is 12.8. The van der Waals surface area contributed by atoms with Crippen LogP contribution in [0.2, 0.25) is 0 Å². The van der Waals surface area contributed by atoms with Gasteiger partial charge in [-0.25, -0.2) is 4.79 Å². The standard InChI is InChI=1S/C21H24N4O5/c1-13-4-6-15(7-5-13)21(3)18(28)25(19(29)24-21)10-17(27)30-11-16(26)23-20(2,12-22)14-8-9-14/h4-7,14H,8-11H2,1-3H3,(H,23,26)(H,24,29)/t20-,21+/m1/s1. The predicted molar refractivity (Wildman–Crippen MR) is 105 cm³/mol. The van der Waals surface area contributed by atoms with E-state index in [4.69, 9.17) is 4.74 Å². The van der Waals surface area contributed by atoms with Gasteiger partial charge in [0.15, 0.2) is 6.61 Å². The molecule has 1 aromatic carbocycles. The number of ether oxygens (including phenoxy) is 1. The third-order valence-electron chi connectivity index (χ3n) is 5.58. The molecule has 4 amide bonds. The van der Waals surface area contributed by atoms with Crippen LogP contribution in [0.4, 0.5) is 4.79 Å². The summed E-state index contributed by atoms with van der Waals surface area (Å²) in [7, 11) is 0. The summed E-state index contributed by atoms with van der Waals surface area (Å²) in [6, 6.07) is 8.50. The fourth-order valence-corrected chi connectivity index (χ4v) is 3.45. The lowest BCUT2D eigenvalue weighted by Crippen LogP contribution is -2.48. The van der Waals surface area contributed by atoms with Crippen molar-refractivity contribution >= 4 is 23.8 Å². The van der Waals surface area contributed by atoms with Crippen LogP contribution in [0.1, 0.15) is 37.8 Å². The zero-order valence-corrected chi connectivity index (χ0v) is 17.2. The Morgan fingerprint density at radius 3 is 2.53 bits per heavy atom. The summed E-state index contributed by atoms with van der Waals surface area (Å²) >= 11 is 0. The quantitative estimate of drug-likeness (QED) is 0.510. The van der Waals surface area contributed by atoms with Gasteiger partial charge in [-0.1, -0.05) is 29.8 Å². The largest absolute Gasteiger partial charge is 0.454 e. The average molecular weight is 412 g/mol. The lowest BCUT2D eigenvalue weighted by atomic mass is 9.91. The van der Waals surface area contributed by atoms with Gasteiger partial charge in [-0.3, -0.25) is 19.3 Å². The van der Waals surface area contributed by atoms with Gasteiger partial charge < -0.3 is 15.4 Å². The van der Waals surface area contributed by atoms with Crippen LogP contribution in [0.3, 0.4) is 0 Å². The summed E-state index contributed by atoms with van der Waals surface area (Å²) in [5.74, 6) is -2.00. The molecule has 0 bridgehead atoms. The molecule has 0 radical (unpaired) electrons. The minimum Gasteiger partial charge on any atom is -0.454 e. The summed E-state index contributed by atoms with van der Waals surface area (Å²) in [5, 5.41) is 14.4. The predicted octanol–water partition coefficient (Wildman–Crippen LogP) is 1.11. The Morgan fingerprint density at radius 1 is 1.33 bits per heavy atom. The number of nitrogens with zero attached hydrogens (tertiary/aromatic N) is 2. The van der Waals surface area contributed by atoms with Crippen molar-refractivity contribution in [2.75, 3.05) is 13.2 Å². The molecular formula is C21H24N4O5. The molecule has 2 aliphatic rings. The number of nitriles is 1. The second-order valence-electron chi connectivity index (χ2n) is 8.11. The van der Waals surface area contributed by atoms with Crippen LogP contribution in [-0.4, -0.2) is 47.4 Å². The molecule has 158 valence electrons. The number of amides is 4. The average Bonchev–Trinajstić information content (AvgIpc) is 3.53. The van der Waals surface area contributed by atoms with Crippen LogP contribution in [0.25, 0.3) is 0 Å².